The topological polar surface area (TPSA) is 32.3 Å². The van der Waals surface area contributed by atoms with E-state index in [1.807, 2.05) is 0 Å². The molecule has 3 nitrogen and oxygen atoms in total. The van der Waals surface area contributed by atoms with Crippen LogP contribution in [0, 0.1) is 17.8 Å². The van der Waals surface area contributed by atoms with E-state index in [9.17, 15) is 4.79 Å². The minimum Gasteiger partial charge on any atom is -0.338 e. The van der Waals surface area contributed by atoms with E-state index in [2.05, 4.69) is 17.1 Å². The van der Waals surface area contributed by atoms with Gasteiger partial charge in [0.2, 0.25) is 5.91 Å². The van der Waals surface area contributed by atoms with Crippen LogP contribution >= 0.6 is 12.4 Å². The van der Waals surface area contributed by atoms with Crippen LogP contribution in [0.5, 0.6) is 0 Å². The third kappa shape index (κ3) is 2.39. The predicted molar refractivity (Wildman–Crippen MR) is 74.8 cm³/mol. The Bertz CT molecular complexity index is 294. The maximum absolute atomic E-state index is 12.6. The van der Waals surface area contributed by atoms with Crippen LogP contribution in [0.1, 0.15) is 39.0 Å². The number of nitrogens with zero attached hydrogens (tertiary/aromatic N) is 1. The number of fused-ring (bicyclic) bond motifs is 1. The van der Waals surface area contributed by atoms with Gasteiger partial charge >= 0.3 is 0 Å². The van der Waals surface area contributed by atoms with Gasteiger partial charge in [0, 0.05) is 25.0 Å². The van der Waals surface area contributed by atoms with Crippen molar-refractivity contribution in [2.24, 2.45) is 17.8 Å². The number of halogens is 1. The molecule has 3 rings (SSSR count). The van der Waals surface area contributed by atoms with E-state index in [4.69, 9.17) is 0 Å². The number of nitrogens with one attached hydrogen (secondary N) is 1. The number of amides is 1. The molecule has 1 amide bonds. The predicted octanol–water partition coefficient (Wildman–Crippen LogP) is 2.05. The highest BCUT2D eigenvalue weighted by Gasteiger charge is 2.57. The molecular weight excluding hydrogens is 248 g/mol. The zero-order valence-electron chi connectivity index (χ0n) is 11.2. The fraction of sp³-hybridized carbons (Fsp3) is 0.929. The van der Waals surface area contributed by atoms with Gasteiger partial charge in [-0.05, 0) is 44.1 Å². The summed E-state index contributed by atoms with van der Waals surface area (Å²) in [7, 11) is 0. The molecule has 104 valence electrons. The second-order valence-corrected chi connectivity index (χ2v) is 5.96. The normalized spacial score (nSPS) is 36.9. The van der Waals surface area contributed by atoms with E-state index < -0.39 is 0 Å². The second-order valence-electron chi connectivity index (χ2n) is 5.96. The Kier molecular flexibility index (Phi) is 4.54. The molecule has 0 spiro atoms. The number of hydrogen-bond acceptors (Lipinski definition) is 2. The molecule has 0 radical (unpaired) electrons. The van der Waals surface area contributed by atoms with Crippen molar-refractivity contribution in [3.8, 4) is 0 Å². The average Bonchev–Trinajstić information content (AvgIpc) is 2.82. The maximum atomic E-state index is 12.6. The second kappa shape index (κ2) is 5.79. The Morgan fingerprint density at radius 1 is 1.28 bits per heavy atom. The Hall–Kier alpha value is -0.280. The lowest BCUT2D eigenvalue weighted by atomic mass is 10.1. The molecule has 1 aliphatic heterocycles. The molecule has 2 aliphatic carbocycles. The summed E-state index contributed by atoms with van der Waals surface area (Å²) < 4.78 is 0. The van der Waals surface area contributed by atoms with Crippen molar-refractivity contribution in [3.05, 3.63) is 0 Å². The van der Waals surface area contributed by atoms with E-state index in [0.717, 1.165) is 44.3 Å². The van der Waals surface area contributed by atoms with E-state index in [0.29, 0.717) is 17.9 Å². The van der Waals surface area contributed by atoms with Crippen LogP contribution < -0.4 is 5.32 Å². The monoisotopic (exact) mass is 272 g/mol. The van der Waals surface area contributed by atoms with Crippen LogP contribution in [0.15, 0.2) is 0 Å². The molecule has 1 saturated heterocycles. The zero-order chi connectivity index (χ0) is 11.8. The summed E-state index contributed by atoms with van der Waals surface area (Å²) in [6, 6.07) is 0.476. The van der Waals surface area contributed by atoms with Crippen LogP contribution in [-0.4, -0.2) is 36.5 Å². The van der Waals surface area contributed by atoms with Crippen LogP contribution in [0.25, 0.3) is 0 Å². The molecule has 3 aliphatic rings. The molecule has 3 unspecified atom stereocenters. The van der Waals surface area contributed by atoms with Crippen molar-refractivity contribution in [1.29, 1.82) is 0 Å². The van der Waals surface area contributed by atoms with Gasteiger partial charge in [-0.3, -0.25) is 4.79 Å². The minimum absolute atomic E-state index is 0. The van der Waals surface area contributed by atoms with Gasteiger partial charge in [-0.2, -0.15) is 0 Å². The summed E-state index contributed by atoms with van der Waals surface area (Å²) in [6.45, 7) is 5.22. The van der Waals surface area contributed by atoms with Gasteiger partial charge in [0.25, 0.3) is 0 Å². The molecule has 3 atom stereocenters. The Labute approximate surface area is 116 Å². The SMILES string of the molecule is CCCN(C(=O)C1C2CCCC21)C1CCNC1.Cl. The van der Waals surface area contributed by atoms with Gasteiger partial charge in [-0.1, -0.05) is 13.3 Å². The van der Waals surface area contributed by atoms with E-state index in [1.165, 1.54) is 19.3 Å². The van der Waals surface area contributed by atoms with Crippen molar-refractivity contribution in [2.75, 3.05) is 19.6 Å². The number of carbonyl (C=O) groups excluding carboxylic acids is 1. The lowest BCUT2D eigenvalue weighted by Gasteiger charge is -2.29. The smallest absolute Gasteiger partial charge is 0.226 e. The van der Waals surface area contributed by atoms with Crippen LogP contribution in [0.4, 0.5) is 0 Å². The molecule has 0 aromatic rings. The molecule has 0 aromatic carbocycles. The van der Waals surface area contributed by atoms with Gasteiger partial charge in [0.05, 0.1) is 0 Å². The number of rotatable bonds is 4. The lowest BCUT2D eigenvalue weighted by molar-refractivity contribution is -0.135. The number of carbonyl (C=O) groups is 1. The Morgan fingerprint density at radius 2 is 2.00 bits per heavy atom. The van der Waals surface area contributed by atoms with Crippen LogP contribution in [0.2, 0.25) is 0 Å². The highest BCUT2D eigenvalue weighted by molar-refractivity contribution is 5.85. The van der Waals surface area contributed by atoms with Gasteiger partial charge < -0.3 is 10.2 Å². The van der Waals surface area contributed by atoms with E-state index in [-0.39, 0.29) is 12.4 Å². The lowest BCUT2D eigenvalue weighted by Crippen LogP contribution is -2.43. The molecule has 1 heterocycles. The highest BCUT2D eigenvalue weighted by Crippen LogP contribution is 2.58. The fourth-order valence-electron chi connectivity index (χ4n) is 4.00. The fourth-order valence-corrected chi connectivity index (χ4v) is 4.00. The summed E-state index contributed by atoms with van der Waals surface area (Å²) in [4.78, 5) is 14.8. The van der Waals surface area contributed by atoms with Gasteiger partial charge in [-0.25, -0.2) is 0 Å². The zero-order valence-corrected chi connectivity index (χ0v) is 12.0. The third-order valence-electron chi connectivity index (χ3n) is 4.91. The molecule has 2 saturated carbocycles. The maximum Gasteiger partial charge on any atom is 0.226 e. The molecule has 0 bridgehead atoms. The highest BCUT2D eigenvalue weighted by atomic mass is 35.5. The van der Waals surface area contributed by atoms with Gasteiger partial charge in [0.15, 0.2) is 0 Å². The Morgan fingerprint density at radius 3 is 2.56 bits per heavy atom. The van der Waals surface area contributed by atoms with Crippen LogP contribution in [0.3, 0.4) is 0 Å². The standard InChI is InChI=1S/C14H24N2O.ClH/c1-2-8-16(10-6-7-15-9-10)14(17)13-11-4-3-5-12(11)13;/h10-13,15H,2-9H2,1H3;1H. The van der Waals surface area contributed by atoms with Gasteiger partial charge in [-0.15, -0.1) is 12.4 Å². The van der Waals surface area contributed by atoms with E-state index in [1.54, 1.807) is 0 Å². The summed E-state index contributed by atoms with van der Waals surface area (Å²) in [6.07, 6.45) is 6.21. The first-order chi connectivity index (χ1) is 8.33. The first kappa shape index (κ1) is 14.1. The summed E-state index contributed by atoms with van der Waals surface area (Å²) in [5.74, 6) is 2.42. The Balaban J connectivity index is 0.00000120. The van der Waals surface area contributed by atoms with Crippen molar-refractivity contribution < 1.29 is 4.79 Å². The van der Waals surface area contributed by atoms with Crippen molar-refractivity contribution in [1.82, 2.24) is 10.2 Å². The van der Waals surface area contributed by atoms with Crippen LogP contribution in [-0.2, 0) is 4.79 Å². The van der Waals surface area contributed by atoms with Crippen molar-refractivity contribution in [3.63, 3.8) is 0 Å². The first-order valence-corrected chi connectivity index (χ1v) is 7.34. The molecule has 4 heteroatoms. The summed E-state index contributed by atoms with van der Waals surface area (Å²) in [5.41, 5.74) is 0. The molecule has 0 aromatic heterocycles. The van der Waals surface area contributed by atoms with Gasteiger partial charge in [0.1, 0.15) is 0 Å². The third-order valence-corrected chi connectivity index (χ3v) is 4.91. The summed E-state index contributed by atoms with van der Waals surface area (Å²) in [5, 5.41) is 3.38. The number of hydrogen-bond donors (Lipinski definition) is 1. The van der Waals surface area contributed by atoms with Crippen molar-refractivity contribution in [2.45, 2.75) is 45.1 Å². The molecular formula is C14H25ClN2O. The molecule has 3 fully saturated rings. The average molecular weight is 273 g/mol. The van der Waals surface area contributed by atoms with Crippen molar-refractivity contribution >= 4 is 18.3 Å². The molecule has 1 N–H and O–H groups in total. The largest absolute Gasteiger partial charge is 0.338 e. The first-order valence-electron chi connectivity index (χ1n) is 7.34. The molecule has 18 heavy (non-hydrogen) atoms. The summed E-state index contributed by atoms with van der Waals surface area (Å²) >= 11 is 0. The quantitative estimate of drug-likeness (QED) is 0.850. The van der Waals surface area contributed by atoms with E-state index >= 15 is 0 Å². The minimum atomic E-state index is 0.